The van der Waals surface area contributed by atoms with Crippen molar-refractivity contribution in [3.8, 4) is 0 Å². The Morgan fingerprint density at radius 3 is 2.25 bits per heavy atom. The van der Waals surface area contributed by atoms with Crippen LogP contribution in [0.1, 0.15) is 28.0 Å². The molecule has 4 aromatic carbocycles. The van der Waals surface area contributed by atoms with E-state index in [4.69, 9.17) is 4.42 Å². The topological polar surface area (TPSA) is 13.1 Å². The normalized spacial score (nSPS) is 13.1. The standard InChI is InChI=1S/C27H18O/c1-2-8-18(9-3-1)23-17-27-25(22-12-6-7-13-26(22)28-27)16-24-20-11-5-4-10-19(20)14-15-21(23)24/h1-15,17H,16H2. The smallest absolute Gasteiger partial charge is 0.135 e. The summed E-state index contributed by atoms with van der Waals surface area (Å²) in [5.41, 5.74) is 7.34. The first-order valence-corrected chi connectivity index (χ1v) is 9.67. The molecule has 1 heterocycles. The van der Waals surface area contributed by atoms with Crippen LogP contribution in [-0.4, -0.2) is 0 Å². The number of benzene rings is 4. The van der Waals surface area contributed by atoms with E-state index in [0.29, 0.717) is 0 Å². The second-order valence-corrected chi connectivity index (χ2v) is 7.35. The van der Waals surface area contributed by atoms with Gasteiger partial charge in [0.05, 0.1) is 0 Å². The van der Waals surface area contributed by atoms with Gasteiger partial charge < -0.3 is 4.42 Å². The summed E-state index contributed by atoms with van der Waals surface area (Å²) >= 11 is 0. The van der Waals surface area contributed by atoms with E-state index in [0.717, 1.165) is 17.8 Å². The molecule has 0 amide bonds. The van der Waals surface area contributed by atoms with Gasteiger partial charge in [0, 0.05) is 17.4 Å². The van der Waals surface area contributed by atoms with E-state index in [-0.39, 0.29) is 0 Å². The highest BCUT2D eigenvalue weighted by Crippen LogP contribution is 2.40. The van der Waals surface area contributed by atoms with Crippen LogP contribution in [0.15, 0.2) is 95.4 Å². The SMILES string of the molecule is C1=C(c2ccccc2)c2ccc3ccccc3c2Cc2c1oc1ccccc21. The minimum atomic E-state index is 0.871. The van der Waals surface area contributed by atoms with Crippen LogP contribution in [0.5, 0.6) is 0 Å². The summed E-state index contributed by atoms with van der Waals surface area (Å²) in [5, 5.41) is 3.81. The van der Waals surface area contributed by atoms with E-state index in [1.165, 1.54) is 44.0 Å². The second kappa shape index (κ2) is 5.97. The first-order valence-electron chi connectivity index (χ1n) is 9.67. The molecule has 28 heavy (non-hydrogen) atoms. The van der Waals surface area contributed by atoms with Crippen molar-refractivity contribution in [2.24, 2.45) is 0 Å². The molecular weight excluding hydrogens is 340 g/mol. The van der Waals surface area contributed by atoms with Crippen molar-refractivity contribution >= 4 is 33.4 Å². The molecule has 0 atom stereocenters. The monoisotopic (exact) mass is 358 g/mol. The predicted molar refractivity (Wildman–Crippen MR) is 116 cm³/mol. The Balaban J connectivity index is 1.73. The van der Waals surface area contributed by atoms with Gasteiger partial charge in [0.25, 0.3) is 0 Å². The van der Waals surface area contributed by atoms with Crippen molar-refractivity contribution in [2.45, 2.75) is 6.42 Å². The van der Waals surface area contributed by atoms with Gasteiger partial charge in [-0.15, -0.1) is 0 Å². The quantitative estimate of drug-likeness (QED) is 0.306. The maximum absolute atomic E-state index is 6.29. The van der Waals surface area contributed by atoms with Crippen molar-refractivity contribution < 1.29 is 4.42 Å². The molecule has 0 saturated carbocycles. The fourth-order valence-corrected chi connectivity index (χ4v) is 4.44. The minimum absolute atomic E-state index is 0.871. The molecule has 0 unspecified atom stereocenters. The Hall–Kier alpha value is -3.58. The fourth-order valence-electron chi connectivity index (χ4n) is 4.44. The third-order valence-corrected chi connectivity index (χ3v) is 5.77. The van der Waals surface area contributed by atoms with E-state index in [2.05, 4.69) is 91.0 Å². The molecule has 1 heteroatoms. The van der Waals surface area contributed by atoms with Crippen LogP contribution < -0.4 is 0 Å². The molecule has 0 fully saturated rings. The zero-order valence-electron chi connectivity index (χ0n) is 15.4. The lowest BCUT2D eigenvalue weighted by Crippen LogP contribution is -1.96. The Morgan fingerprint density at radius 2 is 1.36 bits per heavy atom. The van der Waals surface area contributed by atoms with Crippen LogP contribution in [-0.2, 0) is 6.42 Å². The number of hydrogen-bond donors (Lipinski definition) is 0. The van der Waals surface area contributed by atoms with E-state index in [1.54, 1.807) is 0 Å². The number of rotatable bonds is 1. The summed E-state index contributed by atoms with van der Waals surface area (Å²) in [5.74, 6) is 0.973. The lowest BCUT2D eigenvalue weighted by atomic mass is 9.89. The lowest BCUT2D eigenvalue weighted by Gasteiger charge is -2.14. The third kappa shape index (κ3) is 2.26. The van der Waals surface area contributed by atoms with Crippen LogP contribution in [0, 0.1) is 0 Å². The maximum Gasteiger partial charge on any atom is 0.135 e. The number of furan rings is 1. The zero-order chi connectivity index (χ0) is 18.5. The van der Waals surface area contributed by atoms with Crippen molar-refractivity contribution in [1.82, 2.24) is 0 Å². The van der Waals surface area contributed by atoms with Crippen LogP contribution in [0.2, 0.25) is 0 Å². The molecule has 1 nitrogen and oxygen atoms in total. The largest absolute Gasteiger partial charge is 0.456 e. The molecule has 5 aromatic rings. The highest BCUT2D eigenvalue weighted by atomic mass is 16.3. The maximum atomic E-state index is 6.29. The minimum Gasteiger partial charge on any atom is -0.456 e. The summed E-state index contributed by atoms with van der Waals surface area (Å²) in [7, 11) is 0. The molecule has 0 saturated heterocycles. The van der Waals surface area contributed by atoms with Gasteiger partial charge in [-0.2, -0.15) is 0 Å². The van der Waals surface area contributed by atoms with Crippen LogP contribution in [0.4, 0.5) is 0 Å². The summed E-state index contributed by atoms with van der Waals surface area (Å²) in [6.45, 7) is 0. The third-order valence-electron chi connectivity index (χ3n) is 5.77. The lowest BCUT2D eigenvalue weighted by molar-refractivity contribution is 0.600. The molecule has 1 aliphatic rings. The first kappa shape index (κ1) is 15.5. The zero-order valence-corrected chi connectivity index (χ0v) is 15.4. The molecule has 0 aliphatic heterocycles. The first-order chi connectivity index (χ1) is 13.9. The van der Waals surface area contributed by atoms with Crippen molar-refractivity contribution in [3.05, 3.63) is 119 Å². The second-order valence-electron chi connectivity index (χ2n) is 7.35. The van der Waals surface area contributed by atoms with Gasteiger partial charge in [-0.3, -0.25) is 0 Å². The Morgan fingerprint density at radius 1 is 0.607 bits per heavy atom. The van der Waals surface area contributed by atoms with Crippen LogP contribution >= 0.6 is 0 Å². The van der Waals surface area contributed by atoms with E-state index in [1.807, 2.05) is 6.07 Å². The number of hydrogen-bond acceptors (Lipinski definition) is 1. The Bertz CT molecular complexity index is 1370. The predicted octanol–water partition coefficient (Wildman–Crippen LogP) is 7.08. The van der Waals surface area contributed by atoms with Crippen molar-refractivity contribution in [1.29, 1.82) is 0 Å². The Kier molecular flexibility index (Phi) is 3.30. The van der Waals surface area contributed by atoms with Gasteiger partial charge in [-0.1, -0.05) is 84.9 Å². The Labute approximate surface area is 163 Å². The summed E-state index contributed by atoms with van der Waals surface area (Å²) in [6.07, 6.45) is 3.10. The highest BCUT2D eigenvalue weighted by Gasteiger charge is 2.22. The number of fused-ring (bicyclic) bond motifs is 6. The van der Waals surface area contributed by atoms with Crippen molar-refractivity contribution in [3.63, 3.8) is 0 Å². The average Bonchev–Trinajstić information content (AvgIpc) is 3.01. The molecule has 0 bridgehead atoms. The number of para-hydroxylation sites is 1. The van der Waals surface area contributed by atoms with E-state index >= 15 is 0 Å². The van der Waals surface area contributed by atoms with Gasteiger partial charge >= 0.3 is 0 Å². The van der Waals surface area contributed by atoms with Crippen LogP contribution in [0.25, 0.3) is 33.4 Å². The highest BCUT2D eigenvalue weighted by molar-refractivity contribution is 6.01. The average molecular weight is 358 g/mol. The molecule has 0 spiro atoms. The van der Waals surface area contributed by atoms with E-state index < -0.39 is 0 Å². The van der Waals surface area contributed by atoms with Gasteiger partial charge in [0.1, 0.15) is 11.3 Å². The molecule has 6 rings (SSSR count). The molecule has 0 radical (unpaired) electrons. The van der Waals surface area contributed by atoms with Gasteiger partial charge in [0.15, 0.2) is 0 Å². The van der Waals surface area contributed by atoms with Crippen LogP contribution in [0.3, 0.4) is 0 Å². The molecule has 132 valence electrons. The summed E-state index contributed by atoms with van der Waals surface area (Å²) < 4.78 is 6.29. The van der Waals surface area contributed by atoms with Gasteiger partial charge in [0.2, 0.25) is 0 Å². The molecule has 1 aromatic heterocycles. The molecular formula is C27H18O. The summed E-state index contributed by atoms with van der Waals surface area (Å²) in [4.78, 5) is 0. The van der Waals surface area contributed by atoms with Gasteiger partial charge in [-0.05, 0) is 45.2 Å². The van der Waals surface area contributed by atoms with Crippen molar-refractivity contribution in [2.75, 3.05) is 0 Å². The summed E-state index contributed by atoms with van der Waals surface area (Å²) in [6, 6.07) is 32.2. The molecule has 1 aliphatic carbocycles. The fraction of sp³-hybridized carbons (Fsp3) is 0.0370. The van der Waals surface area contributed by atoms with Gasteiger partial charge in [-0.25, -0.2) is 0 Å². The molecule has 0 N–H and O–H groups in total. The van der Waals surface area contributed by atoms with E-state index in [9.17, 15) is 0 Å².